The van der Waals surface area contributed by atoms with Gasteiger partial charge in [-0.1, -0.05) is 47.5 Å². The van der Waals surface area contributed by atoms with E-state index in [0.29, 0.717) is 68.5 Å². The SMILES string of the molecule is COc1cc(N2CCC(N(C)C)CC2)ccc1Nc1ncc(Cl)c(Nc2ccccc2P(C)(C)=O)n1.COc1cc(N2CCC(N(C)C)CC2)ccc1Nc1ncc(Cl)c(Nc2ccccc2P(C)(C)=O)n1. The molecule has 6 aromatic rings. The Bertz CT molecular complexity index is 2710. The number of aromatic nitrogens is 4. The molecule has 0 aliphatic carbocycles. The van der Waals surface area contributed by atoms with Gasteiger partial charge in [0.2, 0.25) is 11.9 Å². The van der Waals surface area contributed by atoms with Gasteiger partial charge in [0, 0.05) is 72.4 Å². The highest BCUT2D eigenvalue weighted by molar-refractivity contribution is 7.70. The second-order valence-corrected chi connectivity index (χ2v) is 26.3. The van der Waals surface area contributed by atoms with E-state index in [2.05, 4.69) is 101 Å². The molecule has 4 aromatic carbocycles. The van der Waals surface area contributed by atoms with Gasteiger partial charge >= 0.3 is 0 Å². The van der Waals surface area contributed by atoms with Crippen LogP contribution in [0.5, 0.6) is 11.5 Å². The fourth-order valence-electron chi connectivity index (χ4n) is 8.86. The number of hydrogen-bond donors (Lipinski definition) is 4. The molecule has 0 bridgehead atoms. The molecule has 2 aromatic heterocycles. The Morgan fingerprint density at radius 2 is 0.903 bits per heavy atom. The van der Waals surface area contributed by atoms with Gasteiger partial charge in [-0.05, 0) is 129 Å². The first-order valence-electron chi connectivity index (χ1n) is 23.9. The van der Waals surface area contributed by atoms with E-state index in [-0.39, 0.29) is 0 Å². The maximum Gasteiger partial charge on any atom is 0.229 e. The summed E-state index contributed by atoms with van der Waals surface area (Å²) in [6.07, 6.45) is 7.62. The van der Waals surface area contributed by atoms with E-state index in [9.17, 15) is 9.13 Å². The van der Waals surface area contributed by atoms with Crippen LogP contribution in [0.3, 0.4) is 0 Å². The van der Waals surface area contributed by atoms with Crippen LogP contribution in [0.15, 0.2) is 97.3 Å². The van der Waals surface area contributed by atoms with Gasteiger partial charge in [0.25, 0.3) is 0 Å². The number of piperidine rings is 2. The van der Waals surface area contributed by atoms with Gasteiger partial charge in [-0.3, -0.25) is 0 Å². The predicted molar refractivity (Wildman–Crippen MR) is 302 cm³/mol. The Kier molecular flexibility index (Phi) is 18.0. The lowest BCUT2D eigenvalue weighted by atomic mass is 10.0. The summed E-state index contributed by atoms with van der Waals surface area (Å²) in [6.45, 7) is 11.0. The van der Waals surface area contributed by atoms with Crippen molar-refractivity contribution in [1.82, 2.24) is 29.7 Å². The zero-order valence-electron chi connectivity index (χ0n) is 42.9. The molecule has 2 aliphatic heterocycles. The predicted octanol–water partition coefficient (Wildman–Crippen LogP) is 10.8. The lowest BCUT2D eigenvalue weighted by Crippen LogP contribution is -2.41. The molecule has 0 unspecified atom stereocenters. The van der Waals surface area contributed by atoms with Crippen molar-refractivity contribution in [1.29, 1.82) is 0 Å². The van der Waals surface area contributed by atoms with Gasteiger partial charge < -0.3 is 59.5 Å². The topological polar surface area (TPSA) is 165 Å². The molecule has 20 heteroatoms. The highest BCUT2D eigenvalue weighted by Crippen LogP contribution is 2.41. The van der Waals surface area contributed by atoms with E-state index in [1.165, 1.54) is 12.4 Å². The molecule has 2 fully saturated rings. The first-order valence-corrected chi connectivity index (χ1v) is 29.9. The van der Waals surface area contributed by atoms with E-state index in [0.717, 1.165) is 85.2 Å². The standard InChI is InChI=1S/2C26H34ClN6O2P/c2*1-32(2)18-12-14-33(15-13-18)19-10-11-21(23(16-19)35-3)30-26-28-17-20(27)25(31-26)29-22-8-6-7-9-24(22)36(4,5)34/h2*6-11,16-18H,12-15H2,1-5H3,(H2,28,29,30,31). The molecule has 4 N–H and O–H groups in total. The summed E-state index contributed by atoms with van der Waals surface area (Å²) in [5, 5.41) is 15.2. The molecule has 0 saturated carbocycles. The van der Waals surface area contributed by atoms with Crippen molar-refractivity contribution >= 4 is 106 Å². The van der Waals surface area contributed by atoms with Crippen LogP contribution in [0.2, 0.25) is 10.0 Å². The van der Waals surface area contributed by atoms with Crippen molar-refractivity contribution in [2.24, 2.45) is 0 Å². The van der Waals surface area contributed by atoms with Crippen molar-refractivity contribution < 1.29 is 18.6 Å². The van der Waals surface area contributed by atoms with Crippen molar-refractivity contribution in [3.8, 4) is 11.5 Å². The Labute approximate surface area is 435 Å². The third kappa shape index (κ3) is 13.9. The number of methoxy groups -OCH3 is 2. The number of rotatable bonds is 16. The van der Waals surface area contributed by atoms with Crippen LogP contribution < -0.4 is 51.1 Å². The number of anilines is 10. The minimum absolute atomic E-state index is 0.362. The Hall–Kier alpha value is -5.60. The van der Waals surface area contributed by atoms with Crippen LogP contribution in [0.4, 0.5) is 57.7 Å². The Morgan fingerprint density at radius 3 is 1.24 bits per heavy atom. The van der Waals surface area contributed by atoms with Crippen molar-refractivity contribution in [2.45, 2.75) is 37.8 Å². The molecule has 0 amide bonds. The molecule has 2 saturated heterocycles. The van der Waals surface area contributed by atoms with Crippen molar-refractivity contribution in [3.63, 3.8) is 0 Å². The van der Waals surface area contributed by atoms with Gasteiger partial charge in [0.05, 0.1) is 49.4 Å². The number of para-hydroxylation sites is 2. The first kappa shape index (κ1) is 54.2. The summed E-state index contributed by atoms with van der Waals surface area (Å²) in [6, 6.07) is 28.4. The van der Waals surface area contributed by atoms with Gasteiger partial charge in [0.15, 0.2) is 11.6 Å². The summed E-state index contributed by atoms with van der Waals surface area (Å²) >= 11 is 12.8. The summed E-state index contributed by atoms with van der Waals surface area (Å²) in [5.74, 6) is 3.00. The summed E-state index contributed by atoms with van der Waals surface area (Å²) in [7, 11) is 6.90. The number of ether oxygens (including phenoxy) is 2. The lowest BCUT2D eigenvalue weighted by molar-refractivity contribution is 0.249. The van der Waals surface area contributed by atoms with Crippen LogP contribution in [-0.2, 0) is 9.13 Å². The largest absolute Gasteiger partial charge is 0.494 e. The lowest BCUT2D eigenvalue weighted by Gasteiger charge is -2.36. The van der Waals surface area contributed by atoms with E-state index in [1.54, 1.807) is 40.9 Å². The van der Waals surface area contributed by atoms with Crippen molar-refractivity contribution in [3.05, 3.63) is 107 Å². The molecule has 16 nitrogen and oxygen atoms in total. The minimum atomic E-state index is -2.50. The van der Waals surface area contributed by atoms with E-state index < -0.39 is 14.3 Å². The normalized spacial score (nSPS) is 14.7. The smallest absolute Gasteiger partial charge is 0.229 e. The van der Waals surface area contributed by atoms with Crippen LogP contribution >= 0.6 is 37.5 Å². The molecule has 0 spiro atoms. The first-order chi connectivity index (χ1) is 34.3. The third-order valence-corrected chi connectivity index (χ3v) is 16.6. The molecular formula is C52H68Cl2N12O4P2. The molecule has 72 heavy (non-hydrogen) atoms. The molecule has 0 radical (unpaired) electrons. The molecule has 8 rings (SSSR count). The van der Waals surface area contributed by atoms with E-state index in [4.69, 9.17) is 32.7 Å². The van der Waals surface area contributed by atoms with Gasteiger partial charge in [-0.15, -0.1) is 0 Å². The van der Waals surface area contributed by atoms with E-state index in [1.807, 2.05) is 72.8 Å². The number of nitrogens with zero attached hydrogens (tertiary/aromatic N) is 8. The van der Waals surface area contributed by atoms with E-state index >= 15 is 0 Å². The molecule has 4 heterocycles. The highest BCUT2D eigenvalue weighted by Gasteiger charge is 2.24. The monoisotopic (exact) mass is 1060 g/mol. The van der Waals surface area contributed by atoms with Gasteiger partial charge in [-0.25, -0.2) is 9.97 Å². The summed E-state index contributed by atoms with van der Waals surface area (Å²) in [4.78, 5) is 27.2. The molecule has 0 atom stereocenters. The fraction of sp³-hybridized carbons (Fsp3) is 0.385. The second kappa shape index (κ2) is 24.0. The van der Waals surface area contributed by atoms with Crippen molar-refractivity contribution in [2.75, 3.05) is 126 Å². The Morgan fingerprint density at radius 1 is 0.542 bits per heavy atom. The van der Waals surface area contributed by atoms with Crippen LogP contribution in [-0.4, -0.2) is 137 Å². The highest BCUT2D eigenvalue weighted by atomic mass is 35.5. The maximum absolute atomic E-state index is 12.7. The van der Waals surface area contributed by atoms with Crippen LogP contribution in [0.1, 0.15) is 25.7 Å². The molecule has 384 valence electrons. The minimum Gasteiger partial charge on any atom is -0.494 e. The number of halogens is 2. The number of hydrogen-bond acceptors (Lipinski definition) is 16. The second-order valence-electron chi connectivity index (χ2n) is 19.1. The zero-order chi connectivity index (χ0) is 51.7. The fourth-order valence-corrected chi connectivity index (χ4v) is 11.5. The number of nitrogens with one attached hydrogen (secondary N) is 4. The average Bonchev–Trinajstić information content (AvgIpc) is 3.36. The molecular weight excluding hydrogens is 990 g/mol. The van der Waals surface area contributed by atoms with Crippen LogP contribution in [0.25, 0.3) is 0 Å². The maximum atomic E-state index is 12.7. The third-order valence-electron chi connectivity index (χ3n) is 12.9. The number of benzene rings is 4. The van der Waals surface area contributed by atoms with Gasteiger partial charge in [0.1, 0.15) is 35.8 Å². The molecule has 2 aliphatic rings. The summed E-state index contributed by atoms with van der Waals surface area (Å²) < 4.78 is 36.9. The average molecular weight is 1060 g/mol. The quantitative estimate of drug-likeness (QED) is 0.0676. The van der Waals surface area contributed by atoms with Gasteiger partial charge in [-0.2, -0.15) is 9.97 Å². The zero-order valence-corrected chi connectivity index (χ0v) is 46.2. The van der Waals surface area contributed by atoms with Crippen LogP contribution in [0, 0.1) is 0 Å². The summed E-state index contributed by atoms with van der Waals surface area (Å²) in [5.41, 5.74) is 5.19. The Balaban J connectivity index is 0.000000211.